The molecule has 0 aliphatic carbocycles. The maximum atomic E-state index is 13.7. The minimum absolute atomic E-state index is 0.122. The largest absolute Gasteiger partial charge is 0.494 e. The summed E-state index contributed by atoms with van der Waals surface area (Å²) in [4.78, 5) is 25.4. The molecule has 4 rings (SSSR count). The molecule has 0 spiro atoms. The lowest BCUT2D eigenvalue weighted by atomic mass is 10.1. The maximum Gasteiger partial charge on any atom is 0.256 e. The van der Waals surface area contributed by atoms with Crippen molar-refractivity contribution in [2.24, 2.45) is 7.05 Å². The second-order valence-electron chi connectivity index (χ2n) is 7.22. The number of halogens is 1. The lowest BCUT2D eigenvalue weighted by Gasteiger charge is -2.16. The number of nitrogens with zero attached hydrogens (tertiary/aromatic N) is 6. The first-order valence-corrected chi connectivity index (χ1v) is 10.3. The van der Waals surface area contributed by atoms with Crippen molar-refractivity contribution in [1.29, 1.82) is 5.26 Å². The quantitative estimate of drug-likeness (QED) is 0.369. The molecule has 0 aliphatic rings. The Labute approximate surface area is 199 Å². The van der Waals surface area contributed by atoms with E-state index in [4.69, 9.17) is 10.00 Å². The Balaban J connectivity index is 1.73. The van der Waals surface area contributed by atoms with Crippen molar-refractivity contribution >= 4 is 29.0 Å². The van der Waals surface area contributed by atoms with Gasteiger partial charge in [0.1, 0.15) is 29.6 Å². The zero-order valence-electron chi connectivity index (χ0n) is 19.0. The average Bonchev–Trinajstić information content (AvgIpc) is 3.30. The third-order valence-corrected chi connectivity index (χ3v) is 4.92. The first-order valence-electron chi connectivity index (χ1n) is 10.3. The number of nitrogens with one attached hydrogen (secondary N) is 3. The number of aryl methyl sites for hydroxylation is 1. The molecule has 11 nitrogen and oxygen atoms in total. The van der Waals surface area contributed by atoms with Gasteiger partial charge in [-0.15, -0.1) is 0 Å². The molecule has 2 aromatic carbocycles. The van der Waals surface area contributed by atoms with Crippen molar-refractivity contribution in [3.63, 3.8) is 0 Å². The molecule has 0 unspecified atom stereocenters. The molecule has 4 aromatic rings. The molecule has 12 heteroatoms. The number of amides is 1. The summed E-state index contributed by atoms with van der Waals surface area (Å²) in [5.74, 6) is 0.187. The van der Waals surface area contributed by atoms with Gasteiger partial charge in [-0.1, -0.05) is 6.07 Å². The van der Waals surface area contributed by atoms with Gasteiger partial charge >= 0.3 is 0 Å². The van der Waals surface area contributed by atoms with Crippen LogP contribution in [0.15, 0.2) is 48.9 Å². The number of rotatable bonds is 7. The van der Waals surface area contributed by atoms with E-state index in [-0.39, 0.29) is 22.9 Å². The number of hydrogen-bond acceptors (Lipinski definition) is 9. The number of methoxy groups -OCH3 is 1. The van der Waals surface area contributed by atoms with Crippen LogP contribution >= 0.6 is 0 Å². The minimum Gasteiger partial charge on any atom is -0.494 e. The van der Waals surface area contributed by atoms with Gasteiger partial charge in [0.2, 0.25) is 5.95 Å². The summed E-state index contributed by atoms with van der Waals surface area (Å²) in [6, 6.07) is 11.1. The van der Waals surface area contributed by atoms with Crippen LogP contribution in [-0.4, -0.2) is 44.8 Å². The molecule has 0 radical (unpaired) electrons. The van der Waals surface area contributed by atoms with Crippen molar-refractivity contribution in [1.82, 2.24) is 30.0 Å². The molecule has 35 heavy (non-hydrogen) atoms. The van der Waals surface area contributed by atoms with E-state index in [1.54, 1.807) is 36.3 Å². The standard InChI is InChI=1S/C23H20FN9O2/c1-26-22(34)16-11-27-23(29-14-7-8-17(24)13(9-14)10-25)31-21(16)30-18-6-4-5-15(19(18)35-3)20-28-12-33(2)32-20/h4-9,11-12H,1-3H3,(H,26,34)(H2,27,29,30,31). The van der Waals surface area contributed by atoms with Gasteiger partial charge in [0.05, 0.1) is 23.9 Å². The highest BCUT2D eigenvalue weighted by molar-refractivity contribution is 5.99. The lowest BCUT2D eigenvalue weighted by Crippen LogP contribution is -2.20. The Morgan fingerprint density at radius 2 is 2.03 bits per heavy atom. The Kier molecular flexibility index (Phi) is 6.50. The fourth-order valence-corrected chi connectivity index (χ4v) is 3.28. The number of para-hydroxylation sites is 1. The molecule has 0 saturated carbocycles. The van der Waals surface area contributed by atoms with Gasteiger partial charge in [-0.05, 0) is 30.3 Å². The molecule has 2 aromatic heterocycles. The highest BCUT2D eigenvalue weighted by Crippen LogP contribution is 2.36. The van der Waals surface area contributed by atoms with Crippen molar-refractivity contribution in [3.05, 3.63) is 65.9 Å². The fraction of sp³-hybridized carbons (Fsp3) is 0.130. The van der Waals surface area contributed by atoms with Crippen molar-refractivity contribution in [2.75, 3.05) is 24.8 Å². The van der Waals surface area contributed by atoms with E-state index < -0.39 is 11.7 Å². The van der Waals surface area contributed by atoms with E-state index in [0.717, 1.165) is 0 Å². The van der Waals surface area contributed by atoms with Gasteiger partial charge in [0.15, 0.2) is 11.6 Å². The van der Waals surface area contributed by atoms with Crippen LogP contribution in [0.4, 0.5) is 27.5 Å². The Bertz CT molecular complexity index is 1450. The van der Waals surface area contributed by atoms with Crippen molar-refractivity contribution in [2.45, 2.75) is 0 Å². The van der Waals surface area contributed by atoms with Crippen LogP contribution in [0.3, 0.4) is 0 Å². The molecule has 0 fully saturated rings. The number of carbonyl (C=O) groups excluding carboxylic acids is 1. The van der Waals surface area contributed by atoms with Crippen LogP contribution in [0.5, 0.6) is 5.75 Å². The van der Waals surface area contributed by atoms with Crippen LogP contribution in [0.2, 0.25) is 0 Å². The topological polar surface area (TPSA) is 143 Å². The monoisotopic (exact) mass is 473 g/mol. The first kappa shape index (κ1) is 23.1. The lowest BCUT2D eigenvalue weighted by molar-refractivity contribution is 0.0963. The van der Waals surface area contributed by atoms with E-state index >= 15 is 0 Å². The number of ether oxygens (including phenoxy) is 1. The minimum atomic E-state index is -0.634. The average molecular weight is 473 g/mol. The van der Waals surface area contributed by atoms with E-state index in [2.05, 4.69) is 36.0 Å². The zero-order valence-corrected chi connectivity index (χ0v) is 19.0. The normalized spacial score (nSPS) is 10.4. The fourth-order valence-electron chi connectivity index (χ4n) is 3.28. The molecule has 3 N–H and O–H groups in total. The summed E-state index contributed by atoms with van der Waals surface area (Å²) in [5.41, 5.74) is 1.61. The molecular formula is C23H20FN9O2. The van der Waals surface area contributed by atoms with Crippen LogP contribution in [0.1, 0.15) is 15.9 Å². The van der Waals surface area contributed by atoms with Crippen molar-refractivity contribution in [3.8, 4) is 23.2 Å². The molecular weight excluding hydrogens is 453 g/mol. The number of nitriles is 1. The SMILES string of the molecule is CNC(=O)c1cnc(Nc2ccc(F)c(C#N)c2)nc1Nc1cccc(-c2ncn(C)n2)c1OC. The van der Waals surface area contributed by atoms with Gasteiger partial charge in [0, 0.05) is 26.0 Å². The number of anilines is 4. The van der Waals surface area contributed by atoms with Crippen LogP contribution in [-0.2, 0) is 7.05 Å². The molecule has 0 aliphatic heterocycles. The van der Waals surface area contributed by atoms with Gasteiger partial charge in [-0.25, -0.2) is 14.4 Å². The molecule has 0 saturated heterocycles. The predicted octanol–water partition coefficient (Wildman–Crippen LogP) is 3.14. The first-order chi connectivity index (χ1) is 16.9. The predicted molar refractivity (Wildman–Crippen MR) is 126 cm³/mol. The second-order valence-corrected chi connectivity index (χ2v) is 7.22. The summed E-state index contributed by atoms with van der Waals surface area (Å²) in [6.45, 7) is 0. The van der Waals surface area contributed by atoms with Gasteiger partial charge in [-0.2, -0.15) is 15.3 Å². The van der Waals surface area contributed by atoms with E-state index in [9.17, 15) is 9.18 Å². The molecule has 176 valence electrons. The molecule has 0 bridgehead atoms. The molecule has 1 amide bonds. The third kappa shape index (κ3) is 4.83. The Morgan fingerprint density at radius 3 is 2.71 bits per heavy atom. The smallest absolute Gasteiger partial charge is 0.256 e. The van der Waals surface area contributed by atoms with Crippen LogP contribution in [0, 0.1) is 17.1 Å². The third-order valence-electron chi connectivity index (χ3n) is 4.92. The zero-order chi connectivity index (χ0) is 24.9. The summed E-state index contributed by atoms with van der Waals surface area (Å²) >= 11 is 0. The number of aromatic nitrogens is 5. The van der Waals surface area contributed by atoms with Gasteiger partial charge in [0.25, 0.3) is 5.91 Å². The number of carbonyl (C=O) groups is 1. The highest BCUT2D eigenvalue weighted by atomic mass is 19.1. The summed E-state index contributed by atoms with van der Waals surface area (Å²) in [5, 5.41) is 22.0. The molecule has 2 heterocycles. The van der Waals surface area contributed by atoms with Crippen LogP contribution < -0.4 is 20.7 Å². The second kappa shape index (κ2) is 9.84. The summed E-state index contributed by atoms with van der Waals surface area (Å²) in [6.07, 6.45) is 2.93. The number of hydrogen-bond donors (Lipinski definition) is 3. The Morgan fingerprint density at radius 1 is 1.20 bits per heavy atom. The highest BCUT2D eigenvalue weighted by Gasteiger charge is 2.19. The van der Waals surface area contributed by atoms with Crippen LogP contribution in [0.25, 0.3) is 11.4 Å². The summed E-state index contributed by atoms with van der Waals surface area (Å²) in [7, 11) is 4.77. The maximum absolute atomic E-state index is 13.7. The van der Waals surface area contributed by atoms with Crippen molar-refractivity contribution < 1.29 is 13.9 Å². The van der Waals surface area contributed by atoms with E-state index in [0.29, 0.717) is 28.5 Å². The van der Waals surface area contributed by atoms with E-state index in [1.807, 2.05) is 6.07 Å². The summed E-state index contributed by atoms with van der Waals surface area (Å²) < 4.78 is 20.9. The molecule has 0 atom stereocenters. The van der Waals surface area contributed by atoms with Gasteiger partial charge < -0.3 is 20.7 Å². The van der Waals surface area contributed by atoms with E-state index in [1.165, 1.54) is 38.6 Å². The van der Waals surface area contributed by atoms with Gasteiger partial charge in [-0.3, -0.25) is 9.48 Å². The number of benzene rings is 2. The Hall–Kier alpha value is -5.05.